The Balaban J connectivity index is 1.75. The number of aliphatic carboxylic acids is 1. The molecule has 3 aromatic rings. The van der Waals surface area contributed by atoms with Crippen LogP contribution in [-0.4, -0.2) is 31.2 Å². The first kappa shape index (κ1) is 21.9. The zero-order chi connectivity index (χ0) is 23.5. The number of carboxylic acids is 1. The number of ether oxygens (including phenoxy) is 2. The van der Waals surface area contributed by atoms with Crippen LogP contribution in [0.1, 0.15) is 23.3 Å². The number of benzene rings is 2. The van der Waals surface area contributed by atoms with Crippen LogP contribution in [0.15, 0.2) is 57.8 Å². The van der Waals surface area contributed by atoms with Crippen LogP contribution in [0.4, 0.5) is 5.69 Å². The lowest BCUT2D eigenvalue weighted by atomic mass is 10.1. The Morgan fingerprint density at radius 3 is 2.61 bits per heavy atom. The van der Waals surface area contributed by atoms with E-state index < -0.39 is 11.9 Å². The van der Waals surface area contributed by atoms with Crippen molar-refractivity contribution in [1.29, 1.82) is 0 Å². The number of carboxylic acid groups (broad SMARTS) is 1. The highest BCUT2D eigenvalue weighted by Crippen LogP contribution is 2.36. The summed E-state index contributed by atoms with van der Waals surface area (Å²) in [5, 5.41) is 11.6. The number of amides is 1. The van der Waals surface area contributed by atoms with Crippen molar-refractivity contribution in [2.75, 3.05) is 19.5 Å². The van der Waals surface area contributed by atoms with E-state index in [2.05, 4.69) is 5.32 Å². The van der Waals surface area contributed by atoms with Gasteiger partial charge in [0, 0.05) is 35.0 Å². The molecule has 1 aromatic heterocycles. The number of rotatable bonds is 6. The van der Waals surface area contributed by atoms with Crippen molar-refractivity contribution < 1.29 is 28.6 Å². The molecule has 168 valence electrons. The van der Waals surface area contributed by atoms with Crippen molar-refractivity contribution in [3.8, 4) is 11.5 Å². The molecule has 8 heteroatoms. The number of allylic oxidation sites excluding steroid dienone is 1. The number of carbonyl (C=O) groups excluding carboxylic acids is 1. The molecule has 2 aromatic carbocycles. The van der Waals surface area contributed by atoms with Crippen LogP contribution >= 0.6 is 0 Å². The molecule has 4 rings (SSSR count). The molecule has 8 nitrogen and oxygen atoms in total. The van der Waals surface area contributed by atoms with E-state index in [4.69, 9.17) is 19.0 Å². The fraction of sp³-hybridized carbons (Fsp3) is 0.160. The number of anilines is 1. The fourth-order valence-electron chi connectivity index (χ4n) is 3.78. The van der Waals surface area contributed by atoms with Crippen molar-refractivity contribution >= 4 is 40.2 Å². The maximum absolute atomic E-state index is 13.1. The molecule has 0 unspecified atom stereocenters. The molecule has 0 radical (unpaired) electrons. The van der Waals surface area contributed by atoms with Gasteiger partial charge in [0.15, 0.2) is 5.43 Å². The number of carbonyl (C=O) groups is 2. The monoisotopic (exact) mass is 447 g/mol. The molecule has 1 aliphatic rings. The van der Waals surface area contributed by atoms with Gasteiger partial charge in [-0.2, -0.15) is 0 Å². The van der Waals surface area contributed by atoms with Gasteiger partial charge in [-0.25, -0.2) is 4.79 Å². The van der Waals surface area contributed by atoms with E-state index >= 15 is 0 Å². The van der Waals surface area contributed by atoms with Gasteiger partial charge in [0.1, 0.15) is 22.8 Å². The quantitative estimate of drug-likeness (QED) is 0.551. The normalized spacial score (nSPS) is 13.9. The standard InChI is InChI=1S/C25H21NO7/c1-31-17-5-8-20(32-2)15(12-17)11-14-3-6-19-24(30)18-7-4-16(13-21(18)33-25(14)19)26-22(27)9-10-23(28)29/h4-5,7-13H,3,6H2,1-2H3,(H,26,27)(H,28,29)/b10-9-,14-11+. The van der Waals surface area contributed by atoms with Gasteiger partial charge >= 0.3 is 5.97 Å². The molecular weight excluding hydrogens is 426 g/mol. The molecule has 0 saturated heterocycles. The van der Waals surface area contributed by atoms with Gasteiger partial charge < -0.3 is 24.3 Å². The first-order valence-electron chi connectivity index (χ1n) is 10.1. The van der Waals surface area contributed by atoms with Gasteiger partial charge in [0.05, 0.1) is 19.6 Å². The molecule has 2 N–H and O–H groups in total. The van der Waals surface area contributed by atoms with Crippen LogP contribution in [0.3, 0.4) is 0 Å². The van der Waals surface area contributed by atoms with Crippen molar-refractivity contribution in [3.63, 3.8) is 0 Å². The van der Waals surface area contributed by atoms with Gasteiger partial charge in [0.2, 0.25) is 5.91 Å². The third-order valence-electron chi connectivity index (χ3n) is 5.33. The van der Waals surface area contributed by atoms with Crippen LogP contribution in [0, 0.1) is 0 Å². The molecule has 0 bridgehead atoms. The van der Waals surface area contributed by atoms with E-state index in [0.29, 0.717) is 52.3 Å². The van der Waals surface area contributed by atoms with E-state index in [1.807, 2.05) is 18.2 Å². The lowest BCUT2D eigenvalue weighted by Gasteiger charge is -2.09. The van der Waals surface area contributed by atoms with Gasteiger partial charge in [0.25, 0.3) is 0 Å². The Hall–Kier alpha value is -4.33. The summed E-state index contributed by atoms with van der Waals surface area (Å²) in [4.78, 5) is 35.5. The maximum atomic E-state index is 13.1. The van der Waals surface area contributed by atoms with Gasteiger partial charge in [-0.15, -0.1) is 0 Å². The molecule has 1 amide bonds. The Labute approximate surface area is 188 Å². The summed E-state index contributed by atoms with van der Waals surface area (Å²) < 4.78 is 16.9. The second kappa shape index (κ2) is 9.04. The predicted molar refractivity (Wildman–Crippen MR) is 124 cm³/mol. The minimum absolute atomic E-state index is 0.115. The predicted octanol–water partition coefficient (Wildman–Crippen LogP) is 3.88. The van der Waals surface area contributed by atoms with Crippen LogP contribution in [0.25, 0.3) is 22.6 Å². The number of nitrogens with one attached hydrogen (secondary N) is 1. The topological polar surface area (TPSA) is 115 Å². The zero-order valence-corrected chi connectivity index (χ0v) is 18.0. The Bertz CT molecular complexity index is 1380. The molecule has 33 heavy (non-hydrogen) atoms. The average molecular weight is 447 g/mol. The first-order chi connectivity index (χ1) is 15.9. The lowest BCUT2D eigenvalue weighted by Crippen LogP contribution is -2.11. The highest BCUT2D eigenvalue weighted by Gasteiger charge is 2.24. The Kier molecular flexibility index (Phi) is 5.99. The second-order valence-corrected chi connectivity index (χ2v) is 7.39. The van der Waals surface area contributed by atoms with Gasteiger partial charge in [-0.05, 0) is 54.8 Å². The lowest BCUT2D eigenvalue weighted by molar-refractivity contribution is -0.131. The largest absolute Gasteiger partial charge is 0.497 e. The number of hydrogen-bond donors (Lipinski definition) is 2. The molecule has 1 heterocycles. The van der Waals surface area contributed by atoms with Crippen molar-refractivity contribution in [3.05, 3.63) is 75.7 Å². The van der Waals surface area contributed by atoms with Crippen molar-refractivity contribution in [1.82, 2.24) is 0 Å². The molecule has 0 saturated carbocycles. The molecule has 0 spiro atoms. The SMILES string of the molecule is COc1ccc(OC)c(/C=C2\CCc3c2oc2cc(NC(=O)/C=C\C(=O)O)ccc2c3=O)c1. The second-order valence-electron chi connectivity index (χ2n) is 7.39. The minimum Gasteiger partial charge on any atom is -0.497 e. The molecular formula is C25H21NO7. The van der Waals surface area contributed by atoms with E-state index in [1.165, 1.54) is 0 Å². The highest BCUT2D eigenvalue weighted by atomic mass is 16.5. The number of hydrogen-bond acceptors (Lipinski definition) is 6. The van der Waals surface area contributed by atoms with Crippen LogP contribution < -0.4 is 20.2 Å². The smallest absolute Gasteiger partial charge is 0.328 e. The number of methoxy groups -OCH3 is 2. The van der Waals surface area contributed by atoms with E-state index in [1.54, 1.807) is 38.5 Å². The highest BCUT2D eigenvalue weighted by molar-refractivity contribution is 6.03. The summed E-state index contributed by atoms with van der Waals surface area (Å²) in [6.07, 6.45) is 4.77. The first-order valence-corrected chi connectivity index (χ1v) is 10.1. The number of fused-ring (bicyclic) bond motifs is 2. The third kappa shape index (κ3) is 4.50. The van der Waals surface area contributed by atoms with E-state index in [0.717, 1.165) is 23.3 Å². The van der Waals surface area contributed by atoms with E-state index in [-0.39, 0.29) is 5.43 Å². The molecule has 0 aliphatic heterocycles. The summed E-state index contributed by atoms with van der Waals surface area (Å²) in [5.74, 6) is 0.0206. The summed E-state index contributed by atoms with van der Waals surface area (Å²) in [7, 11) is 3.17. The van der Waals surface area contributed by atoms with Crippen molar-refractivity contribution in [2.24, 2.45) is 0 Å². The van der Waals surface area contributed by atoms with Crippen LogP contribution in [0.2, 0.25) is 0 Å². The van der Waals surface area contributed by atoms with Crippen LogP contribution in [-0.2, 0) is 16.0 Å². The van der Waals surface area contributed by atoms with E-state index in [9.17, 15) is 14.4 Å². The maximum Gasteiger partial charge on any atom is 0.328 e. The molecule has 1 aliphatic carbocycles. The summed E-state index contributed by atoms with van der Waals surface area (Å²) in [5.41, 5.74) is 2.85. The average Bonchev–Trinajstić information content (AvgIpc) is 3.20. The Morgan fingerprint density at radius 1 is 1.06 bits per heavy atom. The third-order valence-corrected chi connectivity index (χ3v) is 5.33. The minimum atomic E-state index is -1.22. The van der Waals surface area contributed by atoms with Gasteiger partial charge in [-0.1, -0.05) is 0 Å². The summed E-state index contributed by atoms with van der Waals surface area (Å²) in [6, 6.07) is 10.2. The molecule has 0 fully saturated rings. The summed E-state index contributed by atoms with van der Waals surface area (Å²) >= 11 is 0. The fourth-order valence-corrected chi connectivity index (χ4v) is 3.78. The Morgan fingerprint density at radius 2 is 1.88 bits per heavy atom. The zero-order valence-electron chi connectivity index (χ0n) is 18.0. The van der Waals surface area contributed by atoms with Gasteiger partial charge in [-0.3, -0.25) is 9.59 Å². The molecule has 0 atom stereocenters. The van der Waals surface area contributed by atoms with Crippen LogP contribution in [0.5, 0.6) is 11.5 Å². The van der Waals surface area contributed by atoms with Crippen molar-refractivity contribution in [2.45, 2.75) is 12.8 Å². The summed E-state index contributed by atoms with van der Waals surface area (Å²) in [6.45, 7) is 0.